The van der Waals surface area contributed by atoms with Crippen LogP contribution in [0, 0.1) is 0 Å². The van der Waals surface area contributed by atoms with Crippen LogP contribution in [0.15, 0.2) is 38.6 Å². The lowest BCUT2D eigenvalue weighted by atomic mass is 10.2. The number of hydrogen-bond donors (Lipinski definition) is 1. The molecule has 1 amide bonds. The molecule has 0 aliphatic rings. The van der Waals surface area contributed by atoms with Crippen molar-refractivity contribution in [3.63, 3.8) is 0 Å². The topological polar surface area (TPSA) is 38.3 Å². The molecule has 2 rings (SSSR count). The van der Waals surface area contributed by atoms with E-state index in [0.717, 1.165) is 13.8 Å². The Bertz CT molecular complexity index is 598. The number of ether oxygens (including phenoxy) is 1. The van der Waals surface area contributed by atoms with Crippen LogP contribution in [0.2, 0.25) is 0 Å². The summed E-state index contributed by atoms with van der Waals surface area (Å²) < 4.78 is 6.92. The van der Waals surface area contributed by atoms with Gasteiger partial charge in [-0.15, -0.1) is 11.3 Å². The minimum absolute atomic E-state index is 0.108. The van der Waals surface area contributed by atoms with Crippen LogP contribution in [0.5, 0.6) is 5.75 Å². The molecule has 3 nitrogen and oxygen atoms in total. The number of nitrogens with one attached hydrogen (secondary N) is 1. The number of amides is 1. The zero-order valence-electron chi connectivity index (χ0n) is 10.1. The molecule has 0 atom stereocenters. The predicted molar refractivity (Wildman–Crippen MR) is 83.9 cm³/mol. The Morgan fingerprint density at radius 3 is 2.68 bits per heavy atom. The summed E-state index contributed by atoms with van der Waals surface area (Å²) in [5, 5.41) is 4.87. The largest absolute Gasteiger partial charge is 0.496 e. The van der Waals surface area contributed by atoms with Gasteiger partial charge in [0.2, 0.25) is 0 Å². The van der Waals surface area contributed by atoms with E-state index >= 15 is 0 Å². The molecule has 0 unspecified atom stereocenters. The number of halogens is 2. The third kappa shape index (κ3) is 3.58. The van der Waals surface area contributed by atoms with Crippen molar-refractivity contribution in [2.24, 2.45) is 0 Å². The number of hydrogen-bond acceptors (Lipinski definition) is 3. The number of carbonyl (C=O) groups excluding carboxylic acids is 1. The van der Waals surface area contributed by atoms with E-state index in [1.807, 2.05) is 11.4 Å². The van der Waals surface area contributed by atoms with Crippen molar-refractivity contribution >= 4 is 49.1 Å². The second-order valence-corrected chi connectivity index (χ2v) is 6.43. The molecule has 0 radical (unpaired) electrons. The van der Waals surface area contributed by atoms with Gasteiger partial charge in [-0.25, -0.2) is 0 Å². The molecule has 0 bridgehead atoms. The van der Waals surface area contributed by atoms with Crippen molar-refractivity contribution in [3.05, 3.63) is 49.0 Å². The number of methoxy groups -OCH3 is 1. The first-order chi connectivity index (χ1) is 9.11. The highest BCUT2D eigenvalue weighted by Gasteiger charge is 2.09. The van der Waals surface area contributed by atoms with E-state index in [1.54, 1.807) is 36.6 Å². The van der Waals surface area contributed by atoms with Crippen LogP contribution in [0.25, 0.3) is 0 Å². The van der Waals surface area contributed by atoms with Crippen molar-refractivity contribution in [2.75, 3.05) is 7.11 Å². The first-order valence-electron chi connectivity index (χ1n) is 5.45. The SMILES string of the molecule is COc1ccc(C(=O)NCc2sccc2Br)cc1Br. The Morgan fingerprint density at radius 2 is 2.11 bits per heavy atom. The average Bonchev–Trinajstić information content (AvgIpc) is 2.81. The van der Waals surface area contributed by atoms with Crippen molar-refractivity contribution in [1.82, 2.24) is 5.32 Å². The highest BCUT2D eigenvalue weighted by molar-refractivity contribution is 9.10. The van der Waals surface area contributed by atoms with E-state index in [2.05, 4.69) is 37.2 Å². The number of benzene rings is 1. The highest BCUT2D eigenvalue weighted by atomic mass is 79.9. The van der Waals surface area contributed by atoms with E-state index in [0.29, 0.717) is 17.9 Å². The summed E-state index contributed by atoms with van der Waals surface area (Å²) >= 11 is 8.41. The van der Waals surface area contributed by atoms with Gasteiger partial charge in [-0.1, -0.05) is 0 Å². The van der Waals surface area contributed by atoms with Crippen LogP contribution in [-0.4, -0.2) is 13.0 Å². The van der Waals surface area contributed by atoms with Crippen LogP contribution in [0.3, 0.4) is 0 Å². The maximum atomic E-state index is 12.0. The van der Waals surface area contributed by atoms with Crippen LogP contribution >= 0.6 is 43.2 Å². The molecule has 100 valence electrons. The Hall–Kier alpha value is -0.850. The molecule has 0 spiro atoms. The third-order valence-corrected chi connectivity index (χ3v) is 5.06. The molecule has 1 aromatic carbocycles. The summed E-state index contributed by atoms with van der Waals surface area (Å²) in [6.45, 7) is 0.515. The van der Waals surface area contributed by atoms with Gasteiger partial charge in [-0.05, 0) is 61.5 Å². The van der Waals surface area contributed by atoms with Crippen molar-refractivity contribution < 1.29 is 9.53 Å². The maximum absolute atomic E-state index is 12.0. The summed E-state index contributed by atoms with van der Waals surface area (Å²) in [6.07, 6.45) is 0. The lowest BCUT2D eigenvalue weighted by Crippen LogP contribution is -2.22. The van der Waals surface area contributed by atoms with Gasteiger partial charge >= 0.3 is 0 Å². The van der Waals surface area contributed by atoms with Crippen molar-refractivity contribution in [1.29, 1.82) is 0 Å². The van der Waals surface area contributed by atoms with Gasteiger partial charge in [0, 0.05) is 14.9 Å². The zero-order valence-corrected chi connectivity index (χ0v) is 14.1. The molecule has 2 aromatic rings. The van der Waals surface area contributed by atoms with Crippen LogP contribution in [-0.2, 0) is 6.54 Å². The maximum Gasteiger partial charge on any atom is 0.251 e. The highest BCUT2D eigenvalue weighted by Crippen LogP contribution is 2.26. The van der Waals surface area contributed by atoms with Crippen LogP contribution < -0.4 is 10.1 Å². The van der Waals surface area contributed by atoms with Crippen LogP contribution in [0.4, 0.5) is 0 Å². The second-order valence-electron chi connectivity index (χ2n) is 3.72. The number of carbonyl (C=O) groups is 1. The zero-order chi connectivity index (χ0) is 13.8. The molecule has 1 aromatic heterocycles. The number of rotatable bonds is 4. The monoisotopic (exact) mass is 403 g/mol. The van der Waals surface area contributed by atoms with Crippen molar-refractivity contribution in [3.8, 4) is 5.75 Å². The summed E-state index contributed by atoms with van der Waals surface area (Å²) in [6, 6.07) is 7.22. The molecular weight excluding hydrogens is 394 g/mol. The standard InChI is InChI=1S/C13H11Br2NO2S/c1-18-11-3-2-8(6-10(11)15)13(17)16-7-12-9(14)4-5-19-12/h2-6H,7H2,1H3,(H,16,17). The van der Waals surface area contributed by atoms with Gasteiger partial charge in [0.1, 0.15) is 5.75 Å². The molecule has 1 N–H and O–H groups in total. The minimum Gasteiger partial charge on any atom is -0.496 e. The molecule has 1 heterocycles. The van der Waals surface area contributed by atoms with Gasteiger partial charge in [-0.2, -0.15) is 0 Å². The Labute approximate surface area is 132 Å². The normalized spacial score (nSPS) is 10.3. The fourth-order valence-electron chi connectivity index (χ4n) is 1.52. The van der Waals surface area contributed by atoms with E-state index in [-0.39, 0.29) is 5.91 Å². The molecule has 0 saturated carbocycles. The minimum atomic E-state index is -0.108. The fourth-order valence-corrected chi connectivity index (χ4v) is 3.49. The fraction of sp³-hybridized carbons (Fsp3) is 0.154. The Balaban J connectivity index is 2.04. The van der Waals surface area contributed by atoms with E-state index < -0.39 is 0 Å². The lowest BCUT2D eigenvalue weighted by Gasteiger charge is -2.07. The van der Waals surface area contributed by atoms with Gasteiger partial charge in [-0.3, -0.25) is 4.79 Å². The molecule has 19 heavy (non-hydrogen) atoms. The summed E-state index contributed by atoms with van der Waals surface area (Å²) in [5.41, 5.74) is 0.598. The summed E-state index contributed by atoms with van der Waals surface area (Å²) in [4.78, 5) is 13.1. The smallest absolute Gasteiger partial charge is 0.251 e. The lowest BCUT2D eigenvalue weighted by molar-refractivity contribution is 0.0951. The van der Waals surface area contributed by atoms with Gasteiger partial charge in [0.05, 0.1) is 18.1 Å². The molecule has 0 fully saturated rings. The Morgan fingerprint density at radius 1 is 1.32 bits per heavy atom. The quantitative estimate of drug-likeness (QED) is 0.828. The summed E-state index contributed by atoms with van der Waals surface area (Å²) in [7, 11) is 1.59. The molecule has 6 heteroatoms. The predicted octanol–water partition coefficient (Wildman–Crippen LogP) is 4.21. The van der Waals surface area contributed by atoms with E-state index in [4.69, 9.17) is 4.74 Å². The Kier molecular flexibility index (Phi) is 5.01. The molecule has 0 aliphatic heterocycles. The van der Waals surface area contributed by atoms with Gasteiger partial charge in [0.25, 0.3) is 5.91 Å². The second kappa shape index (κ2) is 6.54. The summed E-state index contributed by atoms with van der Waals surface area (Å²) in [5.74, 6) is 0.598. The van der Waals surface area contributed by atoms with Crippen LogP contribution in [0.1, 0.15) is 15.2 Å². The van der Waals surface area contributed by atoms with E-state index in [9.17, 15) is 4.79 Å². The molecular formula is C13H11Br2NO2S. The van der Waals surface area contributed by atoms with Crippen molar-refractivity contribution in [2.45, 2.75) is 6.54 Å². The third-order valence-electron chi connectivity index (χ3n) is 2.51. The first kappa shape index (κ1) is 14.6. The van der Waals surface area contributed by atoms with Gasteiger partial charge in [0.15, 0.2) is 0 Å². The van der Waals surface area contributed by atoms with Gasteiger partial charge < -0.3 is 10.1 Å². The van der Waals surface area contributed by atoms with E-state index in [1.165, 1.54) is 0 Å². The molecule has 0 aliphatic carbocycles. The average molecular weight is 405 g/mol. The first-order valence-corrected chi connectivity index (χ1v) is 7.92. The molecule has 0 saturated heterocycles. The number of thiophene rings is 1.